The largest absolute Gasteiger partial charge is 0.388 e. The highest BCUT2D eigenvalue weighted by Crippen LogP contribution is 2.15. The fraction of sp³-hybridized carbons (Fsp3) is 0.565. The number of hydrogen-bond acceptors (Lipinski definition) is 3. The Labute approximate surface area is 159 Å². The van der Waals surface area contributed by atoms with E-state index >= 15 is 0 Å². The standard InChI is InChI=1S/C23H36O3/c1-6-18(2)13-11-9-7-8-10-12-14-19(3)22(25)17-23(26)20(4)15-16-21(5)24/h8-11,13,15,19,23,26H,6-7,12,14,16-17H2,1-5H3/b10-8+,11-9+,18-13+,20-15+/t19-,23?/m1/s1. The Kier molecular flexibility index (Phi) is 13.5. The highest BCUT2D eigenvalue weighted by molar-refractivity contribution is 5.81. The molecule has 0 aliphatic heterocycles. The van der Waals surface area contributed by atoms with Crippen molar-refractivity contribution in [3.8, 4) is 0 Å². The van der Waals surface area contributed by atoms with Gasteiger partial charge in [0.2, 0.25) is 0 Å². The van der Waals surface area contributed by atoms with Gasteiger partial charge in [-0.2, -0.15) is 0 Å². The van der Waals surface area contributed by atoms with E-state index in [1.165, 1.54) is 12.5 Å². The van der Waals surface area contributed by atoms with Crippen molar-refractivity contribution in [2.75, 3.05) is 0 Å². The van der Waals surface area contributed by atoms with Gasteiger partial charge in [-0.15, -0.1) is 0 Å². The summed E-state index contributed by atoms with van der Waals surface area (Å²) in [4.78, 5) is 23.2. The summed E-state index contributed by atoms with van der Waals surface area (Å²) in [7, 11) is 0. The lowest BCUT2D eigenvalue weighted by Crippen LogP contribution is -2.20. The summed E-state index contributed by atoms with van der Waals surface area (Å²) >= 11 is 0. The Morgan fingerprint density at radius 3 is 2.38 bits per heavy atom. The number of ketones is 2. The minimum absolute atomic E-state index is 0.0504. The highest BCUT2D eigenvalue weighted by atomic mass is 16.3. The monoisotopic (exact) mass is 360 g/mol. The molecule has 1 N–H and O–H groups in total. The lowest BCUT2D eigenvalue weighted by Gasteiger charge is -2.14. The number of aliphatic hydroxyl groups is 1. The molecule has 0 saturated heterocycles. The Hall–Kier alpha value is -1.74. The number of aliphatic hydroxyl groups excluding tert-OH is 1. The highest BCUT2D eigenvalue weighted by Gasteiger charge is 2.17. The number of hydrogen-bond donors (Lipinski definition) is 1. The molecular formula is C23H36O3. The molecule has 2 atom stereocenters. The first kappa shape index (κ1) is 24.3. The minimum Gasteiger partial charge on any atom is -0.388 e. The lowest BCUT2D eigenvalue weighted by molar-refractivity contribution is -0.124. The molecule has 0 bridgehead atoms. The smallest absolute Gasteiger partial charge is 0.138 e. The van der Waals surface area contributed by atoms with Gasteiger partial charge < -0.3 is 5.11 Å². The molecule has 0 aromatic heterocycles. The van der Waals surface area contributed by atoms with E-state index in [0.29, 0.717) is 12.0 Å². The molecule has 0 aromatic carbocycles. The molecule has 146 valence electrons. The van der Waals surface area contributed by atoms with Crippen LogP contribution < -0.4 is 0 Å². The SMILES string of the molecule is CC/C(C)=C/C=C/C/C=C/CC[C@@H](C)C(=O)CC(O)/C(C)=C/CC(C)=O. The van der Waals surface area contributed by atoms with Crippen LogP contribution in [0, 0.1) is 5.92 Å². The van der Waals surface area contributed by atoms with Crippen molar-refractivity contribution >= 4 is 11.6 Å². The molecule has 0 aliphatic carbocycles. The van der Waals surface area contributed by atoms with Crippen LogP contribution in [0.5, 0.6) is 0 Å². The third-order valence-electron chi connectivity index (χ3n) is 4.46. The van der Waals surface area contributed by atoms with E-state index in [9.17, 15) is 14.7 Å². The fourth-order valence-electron chi connectivity index (χ4n) is 2.22. The second-order valence-electron chi connectivity index (χ2n) is 7.02. The molecule has 0 heterocycles. The van der Waals surface area contributed by atoms with Crippen LogP contribution in [0.4, 0.5) is 0 Å². The number of allylic oxidation sites excluding steroid dienone is 7. The van der Waals surface area contributed by atoms with Crippen molar-refractivity contribution in [3.05, 3.63) is 47.6 Å². The zero-order chi connectivity index (χ0) is 19.9. The molecule has 3 heteroatoms. The van der Waals surface area contributed by atoms with Gasteiger partial charge in [0.05, 0.1) is 6.10 Å². The molecule has 0 fully saturated rings. The van der Waals surface area contributed by atoms with Crippen LogP contribution in [0.15, 0.2) is 47.6 Å². The first-order valence-electron chi connectivity index (χ1n) is 9.62. The van der Waals surface area contributed by atoms with Gasteiger partial charge in [0.25, 0.3) is 0 Å². The predicted molar refractivity (Wildman–Crippen MR) is 110 cm³/mol. The Morgan fingerprint density at radius 1 is 1.08 bits per heavy atom. The van der Waals surface area contributed by atoms with Crippen molar-refractivity contribution in [3.63, 3.8) is 0 Å². The predicted octanol–water partition coefficient (Wildman–Crippen LogP) is 5.51. The van der Waals surface area contributed by atoms with Crippen molar-refractivity contribution in [1.29, 1.82) is 0 Å². The van der Waals surface area contributed by atoms with E-state index in [-0.39, 0.29) is 23.9 Å². The van der Waals surface area contributed by atoms with Crippen molar-refractivity contribution in [2.45, 2.75) is 79.2 Å². The average Bonchev–Trinajstić information content (AvgIpc) is 2.60. The van der Waals surface area contributed by atoms with Crippen LogP contribution in [0.3, 0.4) is 0 Å². The summed E-state index contributed by atoms with van der Waals surface area (Å²) in [6.45, 7) is 9.45. The van der Waals surface area contributed by atoms with Crippen LogP contribution in [0.1, 0.15) is 73.1 Å². The van der Waals surface area contributed by atoms with E-state index in [1.54, 1.807) is 13.0 Å². The topological polar surface area (TPSA) is 54.4 Å². The van der Waals surface area contributed by atoms with Gasteiger partial charge in [-0.1, -0.05) is 55.9 Å². The maximum Gasteiger partial charge on any atom is 0.138 e. The molecule has 0 saturated carbocycles. The quantitative estimate of drug-likeness (QED) is 0.348. The molecule has 26 heavy (non-hydrogen) atoms. The molecule has 0 rings (SSSR count). The zero-order valence-electron chi connectivity index (χ0n) is 17.1. The normalized spacial score (nSPS) is 15.6. The number of Topliss-reactive ketones (excluding diaryl/α,β-unsaturated/α-hetero) is 2. The molecule has 0 aliphatic rings. The molecule has 3 nitrogen and oxygen atoms in total. The second-order valence-corrected chi connectivity index (χ2v) is 7.02. The molecule has 0 aromatic rings. The summed E-state index contributed by atoms with van der Waals surface area (Å²) in [6, 6.07) is 0. The summed E-state index contributed by atoms with van der Waals surface area (Å²) in [6.07, 6.45) is 15.5. The fourth-order valence-corrected chi connectivity index (χ4v) is 2.22. The summed E-state index contributed by atoms with van der Waals surface area (Å²) in [5, 5.41) is 10.1. The molecule has 1 unspecified atom stereocenters. The van der Waals surface area contributed by atoms with Gasteiger partial charge in [-0.05, 0) is 52.0 Å². The van der Waals surface area contributed by atoms with Gasteiger partial charge >= 0.3 is 0 Å². The van der Waals surface area contributed by atoms with Crippen molar-refractivity contribution < 1.29 is 14.7 Å². The van der Waals surface area contributed by atoms with Gasteiger partial charge in [0, 0.05) is 18.8 Å². The van der Waals surface area contributed by atoms with Crippen molar-refractivity contribution in [2.24, 2.45) is 5.92 Å². The molecule has 0 spiro atoms. The van der Waals surface area contributed by atoms with E-state index in [0.717, 1.165) is 25.7 Å². The van der Waals surface area contributed by atoms with E-state index in [2.05, 4.69) is 44.2 Å². The maximum atomic E-state index is 12.2. The van der Waals surface area contributed by atoms with Gasteiger partial charge in [-0.25, -0.2) is 0 Å². The minimum atomic E-state index is -0.787. The van der Waals surface area contributed by atoms with Crippen LogP contribution in [0.2, 0.25) is 0 Å². The summed E-state index contributed by atoms with van der Waals surface area (Å²) in [5.74, 6) is 0.0523. The van der Waals surface area contributed by atoms with E-state index < -0.39 is 6.10 Å². The number of rotatable bonds is 13. The first-order chi connectivity index (χ1) is 12.3. The molecule has 0 radical (unpaired) electrons. The van der Waals surface area contributed by atoms with Gasteiger partial charge in [-0.3, -0.25) is 9.59 Å². The second kappa shape index (κ2) is 14.4. The molecule has 0 amide bonds. The van der Waals surface area contributed by atoms with Crippen LogP contribution in [-0.4, -0.2) is 22.8 Å². The van der Waals surface area contributed by atoms with Crippen LogP contribution >= 0.6 is 0 Å². The first-order valence-corrected chi connectivity index (χ1v) is 9.62. The Morgan fingerprint density at radius 2 is 1.77 bits per heavy atom. The van der Waals surface area contributed by atoms with E-state index in [1.807, 2.05) is 6.92 Å². The van der Waals surface area contributed by atoms with Crippen LogP contribution in [-0.2, 0) is 9.59 Å². The zero-order valence-corrected chi connectivity index (χ0v) is 17.1. The summed E-state index contributed by atoms with van der Waals surface area (Å²) < 4.78 is 0. The third kappa shape index (κ3) is 12.6. The van der Waals surface area contributed by atoms with E-state index in [4.69, 9.17) is 0 Å². The Bertz CT molecular complexity index is 550. The number of carbonyl (C=O) groups excluding carboxylic acids is 2. The Balaban J connectivity index is 4.14. The van der Waals surface area contributed by atoms with Crippen molar-refractivity contribution in [1.82, 2.24) is 0 Å². The lowest BCUT2D eigenvalue weighted by atomic mass is 9.94. The van der Waals surface area contributed by atoms with Gasteiger partial charge in [0.15, 0.2) is 0 Å². The third-order valence-corrected chi connectivity index (χ3v) is 4.46. The molecular weight excluding hydrogens is 324 g/mol. The average molecular weight is 361 g/mol. The van der Waals surface area contributed by atoms with Gasteiger partial charge in [0.1, 0.15) is 11.6 Å². The summed E-state index contributed by atoms with van der Waals surface area (Å²) in [5.41, 5.74) is 2.06. The van der Waals surface area contributed by atoms with Crippen LogP contribution in [0.25, 0.3) is 0 Å². The number of carbonyl (C=O) groups is 2. The maximum absolute atomic E-state index is 12.2.